The van der Waals surface area contributed by atoms with Gasteiger partial charge in [0.05, 0.1) is 5.56 Å². The Morgan fingerprint density at radius 1 is 1.22 bits per heavy atom. The molecule has 0 saturated heterocycles. The van der Waals surface area contributed by atoms with Crippen LogP contribution >= 0.6 is 11.8 Å². The molecule has 1 N–H and O–H groups in total. The van der Waals surface area contributed by atoms with E-state index >= 15 is 0 Å². The van der Waals surface area contributed by atoms with Gasteiger partial charge in [-0.15, -0.1) is 0 Å². The van der Waals surface area contributed by atoms with E-state index in [4.69, 9.17) is 5.11 Å². The molecule has 4 heteroatoms. The number of benzene rings is 1. The molecule has 0 aliphatic rings. The van der Waals surface area contributed by atoms with E-state index in [1.54, 1.807) is 19.2 Å². The van der Waals surface area contributed by atoms with E-state index in [0.29, 0.717) is 5.56 Å². The summed E-state index contributed by atoms with van der Waals surface area (Å²) in [7, 11) is 0. The van der Waals surface area contributed by atoms with Gasteiger partial charge in [0.1, 0.15) is 5.03 Å². The van der Waals surface area contributed by atoms with Crippen molar-refractivity contribution in [3.63, 3.8) is 0 Å². The molecule has 0 atom stereocenters. The second-order valence-electron chi connectivity index (χ2n) is 4.06. The van der Waals surface area contributed by atoms with Crippen molar-refractivity contribution >= 4 is 17.7 Å². The summed E-state index contributed by atoms with van der Waals surface area (Å²) in [4.78, 5) is 16.2. The van der Waals surface area contributed by atoms with Gasteiger partial charge >= 0.3 is 5.97 Å². The number of carbonyl (C=O) groups is 1. The minimum absolute atomic E-state index is 0.340. The molecule has 0 bridgehead atoms. The highest BCUT2D eigenvalue weighted by Crippen LogP contribution is 2.28. The largest absolute Gasteiger partial charge is 0.478 e. The third-order valence-electron chi connectivity index (χ3n) is 2.55. The Hall–Kier alpha value is -1.81. The number of pyridine rings is 1. The highest BCUT2D eigenvalue weighted by atomic mass is 32.2. The maximum atomic E-state index is 11.1. The van der Waals surface area contributed by atoms with Gasteiger partial charge in [-0.25, -0.2) is 9.78 Å². The molecule has 2 rings (SSSR count). The SMILES string of the molecule is Cc1ccnc(Sc2ccc(C)c(C(=O)O)c2)c1. The zero-order valence-corrected chi connectivity index (χ0v) is 11.0. The lowest BCUT2D eigenvalue weighted by molar-refractivity contribution is 0.0696. The van der Waals surface area contributed by atoms with E-state index < -0.39 is 5.97 Å². The maximum absolute atomic E-state index is 11.1. The lowest BCUT2D eigenvalue weighted by Gasteiger charge is -2.05. The fourth-order valence-corrected chi connectivity index (χ4v) is 2.49. The van der Waals surface area contributed by atoms with Crippen LogP contribution in [0, 0.1) is 13.8 Å². The van der Waals surface area contributed by atoms with Crippen LogP contribution in [0.25, 0.3) is 0 Å². The monoisotopic (exact) mass is 259 g/mol. The van der Waals surface area contributed by atoms with Crippen LogP contribution in [0.5, 0.6) is 0 Å². The number of carboxylic acid groups (broad SMARTS) is 1. The molecular weight excluding hydrogens is 246 g/mol. The lowest BCUT2D eigenvalue weighted by Crippen LogP contribution is -1.99. The molecule has 1 aromatic carbocycles. The van der Waals surface area contributed by atoms with E-state index in [2.05, 4.69) is 4.98 Å². The Bertz CT molecular complexity index is 596. The van der Waals surface area contributed by atoms with Gasteiger partial charge in [0.2, 0.25) is 0 Å². The first-order valence-corrected chi connectivity index (χ1v) is 6.32. The van der Waals surface area contributed by atoms with Crippen molar-refractivity contribution in [3.8, 4) is 0 Å². The molecule has 0 saturated carbocycles. The summed E-state index contributed by atoms with van der Waals surface area (Å²) in [5.74, 6) is -0.896. The van der Waals surface area contributed by atoms with Gasteiger partial charge < -0.3 is 5.11 Å². The van der Waals surface area contributed by atoms with Crippen molar-refractivity contribution in [2.75, 3.05) is 0 Å². The Balaban J connectivity index is 2.30. The number of rotatable bonds is 3. The van der Waals surface area contributed by atoms with Crippen molar-refractivity contribution in [2.45, 2.75) is 23.8 Å². The van der Waals surface area contributed by atoms with Gasteiger partial charge in [0, 0.05) is 11.1 Å². The van der Waals surface area contributed by atoms with Crippen LogP contribution in [0.15, 0.2) is 46.5 Å². The van der Waals surface area contributed by atoms with Crippen LogP contribution in [0.1, 0.15) is 21.5 Å². The van der Waals surface area contributed by atoms with E-state index in [0.717, 1.165) is 21.0 Å². The van der Waals surface area contributed by atoms with Crippen molar-refractivity contribution < 1.29 is 9.90 Å². The molecule has 1 aromatic heterocycles. The molecule has 1 heterocycles. The molecule has 0 aliphatic carbocycles. The third kappa shape index (κ3) is 2.90. The van der Waals surface area contributed by atoms with Gasteiger partial charge in [0.25, 0.3) is 0 Å². The summed E-state index contributed by atoms with van der Waals surface area (Å²) in [6, 6.07) is 9.33. The summed E-state index contributed by atoms with van der Waals surface area (Å²) in [6.07, 6.45) is 1.75. The van der Waals surface area contributed by atoms with Crippen molar-refractivity contribution in [1.82, 2.24) is 4.98 Å². The first kappa shape index (κ1) is 12.6. The minimum atomic E-state index is -0.896. The van der Waals surface area contributed by atoms with Gasteiger partial charge in [0.15, 0.2) is 0 Å². The zero-order chi connectivity index (χ0) is 13.1. The Morgan fingerprint density at radius 3 is 2.67 bits per heavy atom. The van der Waals surface area contributed by atoms with Crippen LogP contribution in [0.3, 0.4) is 0 Å². The highest BCUT2D eigenvalue weighted by molar-refractivity contribution is 7.99. The van der Waals surface area contributed by atoms with Crippen LogP contribution in [-0.2, 0) is 0 Å². The van der Waals surface area contributed by atoms with Crippen LogP contribution < -0.4 is 0 Å². The molecule has 92 valence electrons. The van der Waals surface area contributed by atoms with Crippen LogP contribution in [-0.4, -0.2) is 16.1 Å². The third-order valence-corrected chi connectivity index (χ3v) is 3.47. The number of nitrogens with zero attached hydrogens (tertiary/aromatic N) is 1. The number of hydrogen-bond acceptors (Lipinski definition) is 3. The molecule has 2 aromatic rings. The molecule has 0 unspecified atom stereocenters. The minimum Gasteiger partial charge on any atom is -0.478 e. The molecule has 0 aliphatic heterocycles. The van der Waals surface area contributed by atoms with Crippen molar-refractivity contribution in [2.24, 2.45) is 0 Å². The fraction of sp³-hybridized carbons (Fsp3) is 0.143. The van der Waals surface area contributed by atoms with E-state index in [1.807, 2.05) is 31.2 Å². The molecular formula is C14H13NO2S. The standard InChI is InChI=1S/C14H13NO2S/c1-9-5-6-15-13(7-9)18-11-4-3-10(2)12(8-11)14(16)17/h3-8H,1-2H3,(H,16,17). The van der Waals surface area contributed by atoms with E-state index in [1.165, 1.54) is 11.8 Å². The molecule has 0 radical (unpaired) electrons. The molecule has 0 amide bonds. The average molecular weight is 259 g/mol. The van der Waals surface area contributed by atoms with E-state index in [9.17, 15) is 4.79 Å². The quantitative estimate of drug-likeness (QED) is 0.915. The van der Waals surface area contributed by atoms with Crippen LogP contribution in [0.4, 0.5) is 0 Å². The number of aromatic carboxylic acids is 1. The van der Waals surface area contributed by atoms with Gasteiger partial charge in [-0.3, -0.25) is 0 Å². The number of aromatic nitrogens is 1. The number of carboxylic acids is 1. The summed E-state index contributed by atoms with van der Waals surface area (Å²) >= 11 is 1.47. The molecule has 18 heavy (non-hydrogen) atoms. The summed E-state index contributed by atoms with van der Waals surface area (Å²) in [6.45, 7) is 3.80. The lowest BCUT2D eigenvalue weighted by atomic mass is 10.1. The molecule has 0 fully saturated rings. The van der Waals surface area contributed by atoms with E-state index in [-0.39, 0.29) is 0 Å². The summed E-state index contributed by atoms with van der Waals surface area (Å²) in [5.41, 5.74) is 2.25. The highest BCUT2D eigenvalue weighted by Gasteiger charge is 2.08. The average Bonchev–Trinajstić information content (AvgIpc) is 2.31. The second-order valence-corrected chi connectivity index (χ2v) is 5.15. The normalized spacial score (nSPS) is 10.3. The topological polar surface area (TPSA) is 50.2 Å². The Morgan fingerprint density at radius 2 is 2.00 bits per heavy atom. The fourth-order valence-electron chi connectivity index (χ4n) is 1.58. The van der Waals surface area contributed by atoms with Crippen molar-refractivity contribution in [1.29, 1.82) is 0 Å². The summed E-state index contributed by atoms with van der Waals surface area (Å²) in [5, 5.41) is 9.95. The van der Waals surface area contributed by atoms with Gasteiger partial charge in [-0.2, -0.15) is 0 Å². The predicted octanol–water partition coefficient (Wildman–Crippen LogP) is 3.55. The van der Waals surface area contributed by atoms with Crippen LogP contribution in [0.2, 0.25) is 0 Å². The number of aryl methyl sites for hydroxylation is 2. The predicted molar refractivity (Wildman–Crippen MR) is 71.2 cm³/mol. The first-order chi connectivity index (χ1) is 8.56. The Kier molecular flexibility index (Phi) is 3.67. The molecule has 3 nitrogen and oxygen atoms in total. The maximum Gasteiger partial charge on any atom is 0.335 e. The van der Waals surface area contributed by atoms with Gasteiger partial charge in [-0.1, -0.05) is 17.8 Å². The Labute approximate surface area is 110 Å². The smallest absolute Gasteiger partial charge is 0.335 e. The first-order valence-electron chi connectivity index (χ1n) is 5.51. The molecule has 0 spiro atoms. The summed E-state index contributed by atoms with van der Waals surface area (Å²) < 4.78 is 0. The van der Waals surface area contributed by atoms with Crippen molar-refractivity contribution in [3.05, 3.63) is 53.2 Å². The number of hydrogen-bond donors (Lipinski definition) is 1. The second kappa shape index (κ2) is 5.23. The van der Waals surface area contributed by atoms with Gasteiger partial charge in [-0.05, 0) is 49.2 Å². The zero-order valence-electron chi connectivity index (χ0n) is 10.2.